The summed E-state index contributed by atoms with van der Waals surface area (Å²) < 4.78 is 0. The van der Waals surface area contributed by atoms with Gasteiger partial charge in [-0.1, -0.05) is 37.5 Å². The van der Waals surface area contributed by atoms with Crippen LogP contribution in [0, 0.1) is 5.41 Å². The molecule has 0 amide bonds. The molecule has 0 heterocycles. The van der Waals surface area contributed by atoms with Gasteiger partial charge in [-0.15, -0.1) is 12.6 Å². The first-order valence-electron chi connectivity index (χ1n) is 4.51. The van der Waals surface area contributed by atoms with E-state index in [1.54, 1.807) is 6.08 Å². The summed E-state index contributed by atoms with van der Waals surface area (Å²) in [5.41, 5.74) is 1.35. The number of hydrogen-bond donors (Lipinski definition) is 2. The first-order chi connectivity index (χ1) is 6.59. The summed E-state index contributed by atoms with van der Waals surface area (Å²) >= 11 is 4.02. The fourth-order valence-electron chi connectivity index (χ4n) is 0.918. The van der Waals surface area contributed by atoms with E-state index in [4.69, 9.17) is 5.41 Å². The van der Waals surface area contributed by atoms with E-state index in [1.165, 1.54) is 0 Å². The van der Waals surface area contributed by atoms with Gasteiger partial charge in [0.1, 0.15) is 0 Å². The van der Waals surface area contributed by atoms with Crippen molar-refractivity contribution < 1.29 is 0 Å². The van der Waals surface area contributed by atoms with Crippen LogP contribution < -0.4 is 0 Å². The predicted octanol–water partition coefficient (Wildman–Crippen LogP) is 3.92. The first-order valence-corrected chi connectivity index (χ1v) is 4.95. The average Bonchev–Trinajstić information content (AvgIpc) is 2.16. The smallest absolute Gasteiger partial charge is 0.0693 e. The van der Waals surface area contributed by atoms with Gasteiger partial charge in [-0.3, -0.25) is 5.41 Å². The van der Waals surface area contributed by atoms with Gasteiger partial charge in [-0.25, -0.2) is 0 Å². The zero-order valence-electron chi connectivity index (χ0n) is 8.59. The molecule has 0 aromatic carbocycles. The minimum atomic E-state index is 0.418. The number of thiol groups is 1. The standard InChI is InChI=1S/C12H17NS/c1-4-5-6-7-8-9-10(2)12(13)11(3)14/h4-6,9,13-14H,1,3,7-8H2,2H3/b6-5-,10-9+,13-12?. The summed E-state index contributed by atoms with van der Waals surface area (Å²) in [4.78, 5) is 0.514. The van der Waals surface area contributed by atoms with E-state index in [-0.39, 0.29) is 0 Å². The molecule has 0 aromatic rings. The fraction of sp³-hybridized carbons (Fsp3) is 0.250. The Morgan fingerprint density at radius 3 is 2.57 bits per heavy atom. The van der Waals surface area contributed by atoms with Crippen molar-refractivity contribution in [2.75, 3.05) is 0 Å². The van der Waals surface area contributed by atoms with Crippen LogP contribution in [0.15, 0.2) is 47.9 Å². The monoisotopic (exact) mass is 207 g/mol. The second-order valence-electron chi connectivity index (χ2n) is 2.95. The van der Waals surface area contributed by atoms with Crippen molar-refractivity contribution in [2.24, 2.45) is 0 Å². The predicted molar refractivity (Wildman–Crippen MR) is 68.2 cm³/mol. The molecule has 2 heteroatoms. The van der Waals surface area contributed by atoms with Gasteiger partial charge in [0.05, 0.1) is 5.71 Å². The van der Waals surface area contributed by atoms with Crippen LogP contribution in [0.2, 0.25) is 0 Å². The van der Waals surface area contributed by atoms with Crippen molar-refractivity contribution in [3.63, 3.8) is 0 Å². The lowest BCUT2D eigenvalue weighted by Gasteiger charge is -2.01. The molecule has 0 unspecified atom stereocenters. The molecule has 0 radical (unpaired) electrons. The van der Waals surface area contributed by atoms with E-state index in [9.17, 15) is 0 Å². The quantitative estimate of drug-likeness (QED) is 0.285. The highest BCUT2D eigenvalue weighted by atomic mass is 32.1. The lowest BCUT2D eigenvalue weighted by molar-refractivity contribution is 1.04. The Morgan fingerprint density at radius 2 is 2.07 bits per heavy atom. The largest absolute Gasteiger partial charge is 0.299 e. The van der Waals surface area contributed by atoms with E-state index in [0.717, 1.165) is 18.4 Å². The maximum Gasteiger partial charge on any atom is 0.0693 e. The summed E-state index contributed by atoms with van der Waals surface area (Å²) in [6, 6.07) is 0. The number of unbranched alkanes of at least 4 members (excludes halogenated alkanes) is 1. The molecular formula is C12H17NS. The van der Waals surface area contributed by atoms with Gasteiger partial charge in [-0.05, 0) is 25.3 Å². The van der Waals surface area contributed by atoms with Crippen LogP contribution in [-0.4, -0.2) is 5.71 Å². The molecule has 0 aliphatic heterocycles. The van der Waals surface area contributed by atoms with E-state index < -0.39 is 0 Å². The molecule has 0 fully saturated rings. The summed E-state index contributed by atoms with van der Waals surface area (Å²) in [6.07, 6.45) is 9.66. The Bertz CT molecular complexity index is 285. The van der Waals surface area contributed by atoms with Gasteiger partial charge in [0.2, 0.25) is 0 Å². The number of nitrogens with one attached hydrogen (secondary N) is 1. The summed E-state index contributed by atoms with van der Waals surface area (Å²) in [5, 5.41) is 7.59. The highest BCUT2D eigenvalue weighted by molar-refractivity contribution is 7.85. The van der Waals surface area contributed by atoms with Crippen LogP contribution in [0.3, 0.4) is 0 Å². The van der Waals surface area contributed by atoms with Crippen molar-refractivity contribution in [3.8, 4) is 0 Å². The van der Waals surface area contributed by atoms with Crippen LogP contribution in [0.1, 0.15) is 19.8 Å². The van der Waals surface area contributed by atoms with Crippen molar-refractivity contribution >= 4 is 18.3 Å². The van der Waals surface area contributed by atoms with Crippen molar-refractivity contribution in [2.45, 2.75) is 19.8 Å². The fourth-order valence-corrected chi connectivity index (χ4v) is 1.09. The van der Waals surface area contributed by atoms with Gasteiger partial charge in [0, 0.05) is 4.91 Å². The van der Waals surface area contributed by atoms with Gasteiger partial charge in [0.15, 0.2) is 0 Å². The average molecular weight is 207 g/mol. The molecule has 0 bridgehead atoms. The molecule has 1 nitrogen and oxygen atoms in total. The topological polar surface area (TPSA) is 23.9 Å². The third kappa shape index (κ3) is 5.60. The molecule has 0 atom stereocenters. The third-order valence-corrected chi connectivity index (χ3v) is 1.96. The van der Waals surface area contributed by atoms with Crippen molar-refractivity contribution in [1.82, 2.24) is 0 Å². The minimum absolute atomic E-state index is 0.418. The van der Waals surface area contributed by atoms with Gasteiger partial charge < -0.3 is 0 Å². The molecule has 14 heavy (non-hydrogen) atoms. The number of allylic oxidation sites excluding steroid dienone is 6. The molecule has 0 saturated heterocycles. The second-order valence-corrected chi connectivity index (χ2v) is 3.49. The van der Waals surface area contributed by atoms with Crippen molar-refractivity contribution in [1.29, 1.82) is 5.41 Å². The van der Waals surface area contributed by atoms with E-state index in [1.807, 2.05) is 19.1 Å². The zero-order valence-corrected chi connectivity index (χ0v) is 9.48. The minimum Gasteiger partial charge on any atom is -0.299 e. The Labute approximate surface area is 91.8 Å². The Hall–Kier alpha value is -1.02. The lowest BCUT2D eigenvalue weighted by atomic mass is 10.1. The van der Waals surface area contributed by atoms with E-state index in [0.29, 0.717) is 10.6 Å². The van der Waals surface area contributed by atoms with Crippen LogP contribution in [0.5, 0.6) is 0 Å². The van der Waals surface area contributed by atoms with Gasteiger partial charge in [0.25, 0.3) is 0 Å². The van der Waals surface area contributed by atoms with Crippen LogP contribution in [0.4, 0.5) is 0 Å². The zero-order chi connectivity index (χ0) is 11.0. The molecule has 0 rings (SSSR count). The SMILES string of the molecule is C=C/C=C\CC/C=C(\C)C(=N)C(=C)S. The van der Waals surface area contributed by atoms with Crippen molar-refractivity contribution in [3.05, 3.63) is 47.9 Å². The molecule has 1 N–H and O–H groups in total. The third-order valence-electron chi connectivity index (χ3n) is 1.74. The normalized spacial score (nSPS) is 11.7. The molecule has 0 aliphatic carbocycles. The molecule has 0 aromatic heterocycles. The highest BCUT2D eigenvalue weighted by Gasteiger charge is 1.99. The highest BCUT2D eigenvalue weighted by Crippen LogP contribution is 2.09. The Morgan fingerprint density at radius 1 is 1.43 bits per heavy atom. The molecular weight excluding hydrogens is 190 g/mol. The number of rotatable bonds is 6. The second kappa shape index (κ2) is 7.39. The molecule has 76 valence electrons. The maximum absolute atomic E-state index is 7.59. The summed E-state index contributed by atoms with van der Waals surface area (Å²) in [5.74, 6) is 0. The molecule has 0 saturated carbocycles. The van der Waals surface area contributed by atoms with Crippen LogP contribution in [0.25, 0.3) is 0 Å². The molecule has 0 spiro atoms. The maximum atomic E-state index is 7.59. The van der Waals surface area contributed by atoms with Gasteiger partial charge >= 0.3 is 0 Å². The Balaban J connectivity index is 4.00. The van der Waals surface area contributed by atoms with Gasteiger partial charge in [-0.2, -0.15) is 0 Å². The first kappa shape index (κ1) is 13.0. The number of hydrogen-bond acceptors (Lipinski definition) is 2. The van der Waals surface area contributed by atoms with E-state index in [2.05, 4.69) is 31.9 Å². The van der Waals surface area contributed by atoms with E-state index >= 15 is 0 Å². The summed E-state index contributed by atoms with van der Waals surface area (Å²) in [6.45, 7) is 9.10. The molecule has 0 aliphatic rings. The lowest BCUT2D eigenvalue weighted by Crippen LogP contribution is -1.96. The summed E-state index contributed by atoms with van der Waals surface area (Å²) in [7, 11) is 0. The van der Waals surface area contributed by atoms with Crippen LogP contribution in [-0.2, 0) is 0 Å². The Kier molecular flexibility index (Phi) is 6.85. The van der Waals surface area contributed by atoms with Crippen LogP contribution >= 0.6 is 12.6 Å².